The molecule has 0 saturated carbocycles. The average molecular weight is 355 g/mol. The predicted molar refractivity (Wildman–Crippen MR) is 102 cm³/mol. The van der Waals surface area contributed by atoms with E-state index in [4.69, 9.17) is 10.5 Å². The Bertz CT molecular complexity index is 719. The molecule has 0 heterocycles. The number of alkyl carbamates (subject to hydrolysis) is 1. The van der Waals surface area contributed by atoms with E-state index in [9.17, 15) is 9.59 Å². The molecular weight excluding hydrogens is 330 g/mol. The second kappa shape index (κ2) is 10.2. The van der Waals surface area contributed by atoms with Crippen LogP contribution in [0, 0.1) is 6.92 Å². The maximum absolute atomic E-state index is 12.1. The highest BCUT2D eigenvalue weighted by atomic mass is 16.5. The van der Waals surface area contributed by atoms with E-state index in [1.807, 2.05) is 61.5 Å². The van der Waals surface area contributed by atoms with Crippen LogP contribution in [0.1, 0.15) is 24.0 Å². The molecule has 0 aliphatic rings. The summed E-state index contributed by atoms with van der Waals surface area (Å²) >= 11 is 0. The first-order valence-electron chi connectivity index (χ1n) is 8.62. The number of benzene rings is 2. The minimum absolute atomic E-state index is 0.227. The molecule has 6 heteroatoms. The maximum Gasteiger partial charge on any atom is 0.407 e. The molecular formula is C20H25N3O3. The molecule has 0 fully saturated rings. The van der Waals surface area contributed by atoms with Gasteiger partial charge in [-0.25, -0.2) is 4.79 Å². The smallest absolute Gasteiger partial charge is 0.407 e. The highest BCUT2D eigenvalue weighted by molar-refractivity contribution is 5.94. The van der Waals surface area contributed by atoms with Crippen molar-refractivity contribution in [3.05, 3.63) is 65.7 Å². The summed E-state index contributed by atoms with van der Waals surface area (Å²) in [5.41, 5.74) is 8.62. The van der Waals surface area contributed by atoms with E-state index in [1.54, 1.807) is 0 Å². The summed E-state index contributed by atoms with van der Waals surface area (Å²) < 4.78 is 5.11. The highest BCUT2D eigenvalue weighted by Gasteiger charge is 2.13. The Balaban J connectivity index is 1.61. The Morgan fingerprint density at radius 3 is 2.62 bits per heavy atom. The Kier molecular flexibility index (Phi) is 7.64. The number of hydrogen-bond donors (Lipinski definition) is 3. The number of nitrogens with one attached hydrogen (secondary N) is 2. The van der Waals surface area contributed by atoms with Crippen molar-refractivity contribution in [1.29, 1.82) is 0 Å². The lowest BCUT2D eigenvalue weighted by Crippen LogP contribution is -2.36. The molecule has 0 aromatic heterocycles. The van der Waals surface area contributed by atoms with Crippen LogP contribution in [0.3, 0.4) is 0 Å². The number of nitrogens with two attached hydrogens (primary N) is 1. The zero-order chi connectivity index (χ0) is 18.8. The molecule has 4 N–H and O–H groups in total. The van der Waals surface area contributed by atoms with E-state index in [-0.39, 0.29) is 12.5 Å². The second-order valence-corrected chi connectivity index (χ2v) is 6.10. The lowest BCUT2D eigenvalue weighted by atomic mass is 10.1. The highest BCUT2D eigenvalue weighted by Crippen LogP contribution is 2.10. The van der Waals surface area contributed by atoms with Gasteiger partial charge in [0.15, 0.2) is 0 Å². The first-order chi connectivity index (χ1) is 12.5. The third-order valence-electron chi connectivity index (χ3n) is 3.80. The maximum atomic E-state index is 12.1. The van der Waals surface area contributed by atoms with Crippen molar-refractivity contribution < 1.29 is 14.3 Å². The fourth-order valence-corrected chi connectivity index (χ4v) is 2.38. The van der Waals surface area contributed by atoms with Crippen molar-refractivity contribution >= 4 is 17.7 Å². The fraction of sp³-hybridized carbons (Fsp3) is 0.300. The molecule has 0 aliphatic heterocycles. The van der Waals surface area contributed by atoms with Crippen LogP contribution in [0.15, 0.2) is 54.6 Å². The number of amides is 2. The van der Waals surface area contributed by atoms with E-state index in [1.165, 1.54) is 0 Å². The first kappa shape index (κ1) is 19.5. The zero-order valence-corrected chi connectivity index (χ0v) is 14.9. The summed E-state index contributed by atoms with van der Waals surface area (Å²) in [6.07, 6.45) is 0.575. The number of anilines is 1. The summed E-state index contributed by atoms with van der Waals surface area (Å²) in [4.78, 5) is 23.7. The van der Waals surface area contributed by atoms with Gasteiger partial charge in [0.25, 0.3) is 0 Å². The SMILES string of the molecule is Cc1cccc(NC(=O)[C@@H](N)CCCNC(=O)OCc2ccccc2)c1. The number of hydrogen-bond acceptors (Lipinski definition) is 4. The normalized spacial score (nSPS) is 11.5. The molecule has 138 valence electrons. The molecule has 2 aromatic carbocycles. The minimum atomic E-state index is -0.627. The van der Waals surface area contributed by atoms with E-state index < -0.39 is 12.1 Å². The van der Waals surface area contributed by atoms with Crippen LogP contribution < -0.4 is 16.4 Å². The largest absolute Gasteiger partial charge is 0.445 e. The molecule has 0 saturated heterocycles. The van der Waals surface area contributed by atoms with Gasteiger partial charge < -0.3 is 21.1 Å². The van der Waals surface area contributed by atoms with Crippen LogP contribution in [-0.4, -0.2) is 24.6 Å². The van der Waals surface area contributed by atoms with E-state index in [0.29, 0.717) is 19.4 Å². The third kappa shape index (κ3) is 6.94. The van der Waals surface area contributed by atoms with Crippen LogP contribution in [0.4, 0.5) is 10.5 Å². The summed E-state index contributed by atoms with van der Waals surface area (Å²) in [6, 6.07) is 16.4. The molecule has 2 rings (SSSR count). The third-order valence-corrected chi connectivity index (χ3v) is 3.80. The van der Waals surface area contributed by atoms with Gasteiger partial charge in [-0.15, -0.1) is 0 Å². The van der Waals surface area contributed by atoms with Crippen LogP contribution in [0.5, 0.6) is 0 Å². The van der Waals surface area contributed by atoms with Crippen molar-refractivity contribution in [2.75, 3.05) is 11.9 Å². The number of carbonyl (C=O) groups excluding carboxylic acids is 2. The molecule has 1 atom stereocenters. The lowest BCUT2D eigenvalue weighted by molar-refractivity contribution is -0.117. The quantitative estimate of drug-likeness (QED) is 0.635. The monoisotopic (exact) mass is 355 g/mol. The van der Waals surface area contributed by atoms with Crippen molar-refractivity contribution in [1.82, 2.24) is 5.32 Å². The number of rotatable bonds is 8. The lowest BCUT2D eigenvalue weighted by Gasteiger charge is -2.13. The molecule has 26 heavy (non-hydrogen) atoms. The standard InChI is InChI=1S/C20H25N3O3/c1-15-7-5-10-17(13-15)23-19(24)18(21)11-6-12-22-20(25)26-14-16-8-3-2-4-9-16/h2-5,7-10,13,18H,6,11-12,14,21H2,1H3,(H,22,25)(H,23,24)/t18-/m0/s1. The molecule has 0 bridgehead atoms. The molecule has 2 aromatic rings. The van der Waals surface area contributed by atoms with E-state index in [2.05, 4.69) is 10.6 Å². The topological polar surface area (TPSA) is 93.5 Å². The van der Waals surface area contributed by atoms with Crippen molar-refractivity contribution in [2.24, 2.45) is 5.73 Å². The van der Waals surface area contributed by atoms with Gasteiger partial charge in [0, 0.05) is 12.2 Å². The van der Waals surface area contributed by atoms with Crippen LogP contribution in [-0.2, 0) is 16.1 Å². The van der Waals surface area contributed by atoms with Gasteiger partial charge >= 0.3 is 6.09 Å². The summed E-state index contributed by atoms with van der Waals surface area (Å²) in [6.45, 7) is 2.59. The van der Waals surface area contributed by atoms with E-state index >= 15 is 0 Å². The molecule has 6 nitrogen and oxygen atoms in total. The Morgan fingerprint density at radius 2 is 1.88 bits per heavy atom. The summed E-state index contributed by atoms with van der Waals surface area (Å²) in [7, 11) is 0. The van der Waals surface area contributed by atoms with E-state index in [0.717, 1.165) is 16.8 Å². The van der Waals surface area contributed by atoms with Crippen molar-refractivity contribution in [3.8, 4) is 0 Å². The fourth-order valence-electron chi connectivity index (χ4n) is 2.38. The molecule has 0 radical (unpaired) electrons. The Hall–Kier alpha value is -2.86. The van der Waals surface area contributed by atoms with Gasteiger partial charge in [-0.05, 0) is 43.0 Å². The number of carbonyl (C=O) groups is 2. The van der Waals surface area contributed by atoms with Crippen molar-refractivity contribution in [2.45, 2.75) is 32.4 Å². The van der Waals surface area contributed by atoms with Crippen LogP contribution >= 0.6 is 0 Å². The van der Waals surface area contributed by atoms with Crippen LogP contribution in [0.25, 0.3) is 0 Å². The number of ether oxygens (including phenoxy) is 1. The van der Waals surface area contributed by atoms with Gasteiger partial charge in [-0.1, -0.05) is 42.5 Å². The second-order valence-electron chi connectivity index (χ2n) is 6.10. The average Bonchev–Trinajstić information content (AvgIpc) is 2.64. The first-order valence-corrected chi connectivity index (χ1v) is 8.62. The van der Waals surface area contributed by atoms with Crippen molar-refractivity contribution in [3.63, 3.8) is 0 Å². The van der Waals surface area contributed by atoms with Gasteiger partial charge in [-0.3, -0.25) is 4.79 Å². The molecule has 2 amide bonds. The Morgan fingerprint density at radius 1 is 1.12 bits per heavy atom. The van der Waals surface area contributed by atoms with Gasteiger partial charge in [0.2, 0.25) is 5.91 Å². The minimum Gasteiger partial charge on any atom is -0.445 e. The molecule has 0 aliphatic carbocycles. The van der Waals surface area contributed by atoms with Gasteiger partial charge in [0.05, 0.1) is 6.04 Å². The van der Waals surface area contributed by atoms with Crippen LogP contribution in [0.2, 0.25) is 0 Å². The summed E-state index contributed by atoms with van der Waals surface area (Å²) in [5.74, 6) is -0.234. The van der Waals surface area contributed by atoms with Gasteiger partial charge in [-0.2, -0.15) is 0 Å². The summed E-state index contributed by atoms with van der Waals surface area (Å²) in [5, 5.41) is 5.45. The molecule has 0 spiro atoms. The zero-order valence-electron chi connectivity index (χ0n) is 14.9. The predicted octanol–water partition coefficient (Wildman–Crippen LogP) is 2.97. The number of aryl methyl sites for hydroxylation is 1. The Labute approximate surface area is 153 Å². The molecule has 0 unspecified atom stereocenters. The van der Waals surface area contributed by atoms with Gasteiger partial charge in [0.1, 0.15) is 6.61 Å².